The van der Waals surface area contributed by atoms with Gasteiger partial charge in [-0.25, -0.2) is 0 Å². The first-order valence-corrected chi connectivity index (χ1v) is 13.0. The van der Waals surface area contributed by atoms with E-state index < -0.39 is 0 Å². The molecule has 0 heteroatoms. The minimum absolute atomic E-state index is 0.993. The van der Waals surface area contributed by atoms with Gasteiger partial charge in [0.15, 0.2) is 0 Å². The second-order valence-corrected chi connectivity index (χ2v) is 9.66. The highest BCUT2D eigenvalue weighted by molar-refractivity contribution is 6.15. The minimum atomic E-state index is 0.993. The molecule has 0 aliphatic heterocycles. The molecule has 2 aliphatic rings. The van der Waals surface area contributed by atoms with Crippen molar-refractivity contribution in [2.45, 2.75) is 20.3 Å². The zero-order chi connectivity index (χ0) is 25.2. The Morgan fingerprint density at radius 2 is 1.22 bits per heavy atom. The van der Waals surface area contributed by atoms with Crippen LogP contribution in [0.15, 0.2) is 127 Å². The summed E-state index contributed by atoms with van der Waals surface area (Å²) in [5.41, 5.74) is 10.8. The average Bonchev–Trinajstić information content (AvgIpc) is 3.24. The van der Waals surface area contributed by atoms with E-state index in [9.17, 15) is 0 Å². The Labute approximate surface area is 219 Å². The molecule has 0 fully saturated rings. The van der Waals surface area contributed by atoms with Crippen molar-refractivity contribution in [2.75, 3.05) is 0 Å². The maximum Gasteiger partial charge on any atom is -0.00108 e. The standard InChI is InChI=1S/C37H30/c1-3-15-27-24-36-29(26(27)2)20-14-21-30(36)28-22-23-35-33-17-11-9-7-5-4-6-8-10-16-31(33)32-18-12-13-19-34(32)37(35)25-28/h3-23,25H,24H2,1-2H3/b5-4?,6-4?,7-5?,8-6?,9-7?,10-8?,11-9?,15-3-,16-10?,17-11?,31-16?,33-17?. The minimum Gasteiger partial charge on any atom is -0.0874 e. The Balaban J connectivity index is 1.60. The summed E-state index contributed by atoms with van der Waals surface area (Å²) in [6, 6.07) is 22.6. The van der Waals surface area contributed by atoms with Gasteiger partial charge in [-0.1, -0.05) is 128 Å². The number of rotatable bonds is 2. The van der Waals surface area contributed by atoms with Gasteiger partial charge in [-0.2, -0.15) is 0 Å². The largest absolute Gasteiger partial charge is 0.0874 e. The number of hydrogen-bond acceptors (Lipinski definition) is 0. The lowest BCUT2D eigenvalue weighted by molar-refractivity contribution is 1.24. The maximum atomic E-state index is 2.41. The monoisotopic (exact) mass is 474 g/mol. The molecule has 0 radical (unpaired) electrons. The van der Waals surface area contributed by atoms with E-state index in [0.29, 0.717) is 0 Å². The third kappa shape index (κ3) is 4.15. The maximum absolute atomic E-state index is 2.41. The van der Waals surface area contributed by atoms with Crippen molar-refractivity contribution >= 4 is 39.3 Å². The first-order valence-electron chi connectivity index (χ1n) is 13.0. The molecule has 0 spiro atoms. The van der Waals surface area contributed by atoms with Crippen LogP contribution < -0.4 is 0 Å². The molecule has 2 aliphatic carbocycles. The molecule has 178 valence electrons. The summed E-state index contributed by atoms with van der Waals surface area (Å²) in [5.74, 6) is 0. The summed E-state index contributed by atoms with van der Waals surface area (Å²) in [6.45, 7) is 4.36. The molecule has 0 bridgehead atoms. The zero-order valence-electron chi connectivity index (χ0n) is 21.4. The summed E-state index contributed by atoms with van der Waals surface area (Å²) >= 11 is 0. The highest BCUT2D eigenvalue weighted by atomic mass is 14.2. The molecule has 4 aromatic rings. The number of fused-ring (bicyclic) bond motifs is 7. The summed E-state index contributed by atoms with van der Waals surface area (Å²) < 4.78 is 0. The number of allylic oxidation sites excluding steroid dienone is 12. The topological polar surface area (TPSA) is 0 Å². The Morgan fingerprint density at radius 3 is 1.92 bits per heavy atom. The lowest BCUT2D eigenvalue weighted by Gasteiger charge is -2.16. The van der Waals surface area contributed by atoms with Crippen LogP contribution in [0.1, 0.15) is 36.1 Å². The fourth-order valence-corrected chi connectivity index (χ4v) is 5.74. The summed E-state index contributed by atoms with van der Waals surface area (Å²) in [6.07, 6.45) is 26.6. The van der Waals surface area contributed by atoms with Crippen LogP contribution in [0.3, 0.4) is 0 Å². The molecular weight excluding hydrogens is 444 g/mol. The van der Waals surface area contributed by atoms with Gasteiger partial charge in [-0.05, 0) is 92.4 Å². The molecule has 0 amide bonds. The van der Waals surface area contributed by atoms with Crippen molar-refractivity contribution in [1.29, 1.82) is 0 Å². The molecule has 0 saturated heterocycles. The average molecular weight is 475 g/mol. The molecule has 0 unspecified atom stereocenters. The van der Waals surface area contributed by atoms with E-state index >= 15 is 0 Å². The van der Waals surface area contributed by atoms with Crippen LogP contribution in [-0.2, 0) is 6.42 Å². The van der Waals surface area contributed by atoms with Gasteiger partial charge in [0.2, 0.25) is 0 Å². The van der Waals surface area contributed by atoms with E-state index in [1.165, 1.54) is 66.1 Å². The van der Waals surface area contributed by atoms with Gasteiger partial charge in [0, 0.05) is 0 Å². The Morgan fingerprint density at radius 1 is 0.595 bits per heavy atom. The molecule has 0 atom stereocenters. The predicted octanol–water partition coefficient (Wildman–Crippen LogP) is 10.3. The molecule has 0 heterocycles. The lowest BCUT2D eigenvalue weighted by Crippen LogP contribution is -1.93. The fourth-order valence-electron chi connectivity index (χ4n) is 5.74. The molecule has 4 aromatic carbocycles. The van der Waals surface area contributed by atoms with Crippen molar-refractivity contribution in [2.24, 2.45) is 0 Å². The van der Waals surface area contributed by atoms with Gasteiger partial charge in [-0.15, -0.1) is 0 Å². The van der Waals surface area contributed by atoms with E-state index in [1.54, 1.807) is 0 Å². The second-order valence-electron chi connectivity index (χ2n) is 9.66. The first-order chi connectivity index (χ1) is 18.3. The van der Waals surface area contributed by atoms with Crippen LogP contribution in [0.25, 0.3) is 50.4 Å². The van der Waals surface area contributed by atoms with E-state index in [4.69, 9.17) is 0 Å². The van der Waals surface area contributed by atoms with E-state index in [1.807, 2.05) is 0 Å². The highest BCUT2D eigenvalue weighted by Gasteiger charge is 2.21. The Kier molecular flexibility index (Phi) is 6.16. The Bertz CT molecular complexity index is 1740. The van der Waals surface area contributed by atoms with Crippen LogP contribution in [0.4, 0.5) is 0 Å². The molecule has 0 aromatic heterocycles. The van der Waals surface area contributed by atoms with Gasteiger partial charge in [0.25, 0.3) is 0 Å². The van der Waals surface area contributed by atoms with E-state index in [-0.39, 0.29) is 0 Å². The number of hydrogen-bond donors (Lipinski definition) is 0. The third-order valence-electron chi connectivity index (χ3n) is 7.52. The molecule has 0 nitrogen and oxygen atoms in total. The molecule has 37 heavy (non-hydrogen) atoms. The van der Waals surface area contributed by atoms with Crippen LogP contribution in [0, 0.1) is 0 Å². The predicted molar refractivity (Wildman–Crippen MR) is 163 cm³/mol. The molecule has 0 saturated carbocycles. The van der Waals surface area contributed by atoms with Gasteiger partial charge in [0.05, 0.1) is 0 Å². The van der Waals surface area contributed by atoms with E-state index in [0.717, 1.165) is 6.42 Å². The second kappa shape index (κ2) is 9.91. The number of benzene rings is 4. The summed E-state index contributed by atoms with van der Waals surface area (Å²) in [5, 5.41) is 5.14. The van der Waals surface area contributed by atoms with Gasteiger partial charge in [-0.3, -0.25) is 0 Å². The SMILES string of the molecule is C/C=C\C1=C(C)c2cccc(-c3ccc4c5c(c6ccccc6c4c3)C=CC=CC=CC=CC=C5)c2C1. The van der Waals surface area contributed by atoms with Crippen LogP contribution in [0.2, 0.25) is 0 Å². The van der Waals surface area contributed by atoms with Crippen molar-refractivity contribution < 1.29 is 0 Å². The van der Waals surface area contributed by atoms with Crippen LogP contribution in [-0.4, -0.2) is 0 Å². The lowest BCUT2D eigenvalue weighted by atomic mass is 9.88. The smallest absolute Gasteiger partial charge is 0.00108 e. The van der Waals surface area contributed by atoms with Crippen molar-refractivity contribution in [3.05, 3.63) is 149 Å². The summed E-state index contributed by atoms with van der Waals surface area (Å²) in [4.78, 5) is 0. The molecule has 6 rings (SSSR count). The highest BCUT2D eigenvalue weighted by Crippen LogP contribution is 2.41. The first kappa shape index (κ1) is 23.0. The fraction of sp³-hybridized carbons (Fsp3) is 0.0811. The van der Waals surface area contributed by atoms with E-state index in [2.05, 4.69) is 147 Å². The van der Waals surface area contributed by atoms with Crippen molar-refractivity contribution in [3.63, 3.8) is 0 Å². The third-order valence-corrected chi connectivity index (χ3v) is 7.52. The molecular formula is C37H30. The molecule has 0 N–H and O–H groups in total. The van der Waals surface area contributed by atoms with Gasteiger partial charge < -0.3 is 0 Å². The summed E-state index contributed by atoms with van der Waals surface area (Å²) in [7, 11) is 0. The van der Waals surface area contributed by atoms with Gasteiger partial charge >= 0.3 is 0 Å². The van der Waals surface area contributed by atoms with Crippen molar-refractivity contribution in [1.82, 2.24) is 0 Å². The van der Waals surface area contributed by atoms with Crippen LogP contribution >= 0.6 is 0 Å². The Hall–Kier alpha value is -4.42. The quantitative estimate of drug-likeness (QED) is 0.253. The van der Waals surface area contributed by atoms with Crippen LogP contribution in [0.5, 0.6) is 0 Å². The van der Waals surface area contributed by atoms with Gasteiger partial charge in [0.1, 0.15) is 0 Å². The zero-order valence-corrected chi connectivity index (χ0v) is 21.4. The normalized spacial score (nSPS) is 15.0. The van der Waals surface area contributed by atoms with Crippen molar-refractivity contribution in [3.8, 4) is 11.1 Å².